The van der Waals surface area contributed by atoms with E-state index in [4.69, 9.17) is 14.6 Å². The summed E-state index contributed by atoms with van der Waals surface area (Å²) in [7, 11) is 0. The summed E-state index contributed by atoms with van der Waals surface area (Å²) < 4.78 is 11.7. The summed E-state index contributed by atoms with van der Waals surface area (Å²) >= 11 is 0. The molecular weight excluding hydrogens is 332 g/mol. The molecule has 2 heterocycles. The van der Waals surface area contributed by atoms with Crippen LogP contribution in [-0.4, -0.2) is 49.8 Å². The van der Waals surface area contributed by atoms with Gasteiger partial charge in [0.1, 0.15) is 24.9 Å². The second-order valence-corrected chi connectivity index (χ2v) is 5.66. The van der Waals surface area contributed by atoms with Crippen LogP contribution in [0.4, 0.5) is 0 Å². The van der Waals surface area contributed by atoms with Crippen LogP contribution in [0.3, 0.4) is 0 Å². The number of aliphatic hydroxyl groups excluding tert-OH is 3. The molecule has 134 valence electrons. The van der Waals surface area contributed by atoms with Crippen molar-refractivity contribution in [1.82, 2.24) is 9.55 Å². The maximum absolute atomic E-state index is 12.0. The van der Waals surface area contributed by atoms with Crippen LogP contribution in [0.15, 0.2) is 46.1 Å². The Kier molecular flexibility index (Phi) is 5.00. The molecule has 9 heteroatoms. The zero-order valence-corrected chi connectivity index (χ0v) is 13.1. The summed E-state index contributed by atoms with van der Waals surface area (Å²) in [6, 6.07) is 9.12. The summed E-state index contributed by atoms with van der Waals surface area (Å²) in [5.74, 6) is -0.138. The standard InChI is InChI=1S/C16H18N2O7/c19-7-11-12(20)13(21)15(25-11)18-6-10(14(22)17-16(18)23)24-8-9-4-2-1-3-5-9/h1-6,11-13,15,19-21H,7-8H2,(H,17,22,23). The number of aromatic amines is 1. The van der Waals surface area contributed by atoms with Crippen molar-refractivity contribution in [2.75, 3.05) is 6.61 Å². The van der Waals surface area contributed by atoms with Crippen molar-refractivity contribution in [3.8, 4) is 5.75 Å². The van der Waals surface area contributed by atoms with Crippen LogP contribution in [0.2, 0.25) is 0 Å². The topological polar surface area (TPSA) is 134 Å². The number of nitrogens with zero attached hydrogens (tertiary/aromatic N) is 1. The van der Waals surface area contributed by atoms with E-state index in [1.54, 1.807) is 0 Å². The lowest BCUT2D eigenvalue weighted by molar-refractivity contribution is -0.0553. The van der Waals surface area contributed by atoms with E-state index in [-0.39, 0.29) is 12.4 Å². The number of benzene rings is 1. The van der Waals surface area contributed by atoms with Crippen molar-refractivity contribution in [3.05, 3.63) is 62.9 Å². The Hall–Kier alpha value is -2.46. The summed E-state index contributed by atoms with van der Waals surface area (Å²) in [5, 5.41) is 29.0. The minimum absolute atomic E-state index is 0.109. The minimum atomic E-state index is -1.44. The molecular formula is C16H18N2O7. The molecule has 9 nitrogen and oxygen atoms in total. The smallest absolute Gasteiger partial charge is 0.330 e. The largest absolute Gasteiger partial charge is 0.482 e. The Morgan fingerprint density at radius 3 is 2.52 bits per heavy atom. The Bertz CT molecular complexity index is 832. The quantitative estimate of drug-likeness (QED) is 0.528. The third-order valence-electron chi connectivity index (χ3n) is 3.96. The van der Waals surface area contributed by atoms with E-state index in [9.17, 15) is 19.8 Å². The third-order valence-corrected chi connectivity index (χ3v) is 3.96. The molecule has 4 unspecified atom stereocenters. The molecule has 0 bridgehead atoms. The molecule has 4 N–H and O–H groups in total. The molecule has 1 aliphatic heterocycles. The van der Waals surface area contributed by atoms with Crippen LogP contribution < -0.4 is 16.0 Å². The van der Waals surface area contributed by atoms with Crippen LogP contribution >= 0.6 is 0 Å². The van der Waals surface area contributed by atoms with Gasteiger partial charge in [-0.1, -0.05) is 30.3 Å². The summed E-state index contributed by atoms with van der Waals surface area (Å²) in [6.07, 6.45) is -3.97. The van der Waals surface area contributed by atoms with E-state index in [1.807, 2.05) is 30.3 Å². The van der Waals surface area contributed by atoms with E-state index in [0.717, 1.165) is 16.3 Å². The Labute approximate surface area is 141 Å². The van der Waals surface area contributed by atoms with Gasteiger partial charge in [0.05, 0.1) is 12.8 Å². The first-order chi connectivity index (χ1) is 12.0. The Morgan fingerprint density at radius 1 is 1.16 bits per heavy atom. The Balaban J connectivity index is 1.86. The van der Waals surface area contributed by atoms with Gasteiger partial charge in [-0.2, -0.15) is 0 Å². The highest BCUT2D eigenvalue weighted by molar-refractivity contribution is 5.17. The van der Waals surface area contributed by atoms with Crippen molar-refractivity contribution in [1.29, 1.82) is 0 Å². The predicted octanol–water partition coefficient (Wildman–Crippen LogP) is -1.27. The van der Waals surface area contributed by atoms with Crippen molar-refractivity contribution in [2.24, 2.45) is 0 Å². The molecule has 1 aromatic carbocycles. The number of ether oxygens (including phenoxy) is 2. The molecule has 0 radical (unpaired) electrons. The molecule has 0 aliphatic carbocycles. The number of hydrogen-bond acceptors (Lipinski definition) is 7. The molecule has 1 fully saturated rings. The number of hydrogen-bond donors (Lipinski definition) is 4. The summed E-state index contributed by atoms with van der Waals surface area (Å²) in [5.41, 5.74) is -0.719. The number of rotatable bonds is 5. The lowest BCUT2D eigenvalue weighted by Gasteiger charge is -2.18. The fourth-order valence-corrected chi connectivity index (χ4v) is 2.60. The molecule has 0 spiro atoms. The van der Waals surface area contributed by atoms with Crippen LogP contribution in [-0.2, 0) is 11.3 Å². The van der Waals surface area contributed by atoms with Crippen LogP contribution in [0, 0.1) is 0 Å². The molecule has 0 amide bonds. The zero-order chi connectivity index (χ0) is 18.0. The van der Waals surface area contributed by atoms with Gasteiger partial charge in [-0.25, -0.2) is 4.79 Å². The van der Waals surface area contributed by atoms with Crippen molar-refractivity contribution in [3.63, 3.8) is 0 Å². The average Bonchev–Trinajstić information content (AvgIpc) is 2.90. The van der Waals surface area contributed by atoms with Crippen LogP contribution in [0.1, 0.15) is 11.8 Å². The number of aromatic nitrogens is 2. The van der Waals surface area contributed by atoms with E-state index in [1.165, 1.54) is 0 Å². The van der Waals surface area contributed by atoms with Crippen molar-refractivity contribution < 1.29 is 24.8 Å². The number of nitrogens with one attached hydrogen (secondary N) is 1. The highest BCUT2D eigenvalue weighted by Gasteiger charge is 2.43. The number of aliphatic hydroxyl groups is 3. The molecule has 1 aliphatic rings. The number of H-pyrrole nitrogens is 1. The highest BCUT2D eigenvalue weighted by atomic mass is 16.6. The second kappa shape index (κ2) is 7.19. The van der Waals surface area contributed by atoms with E-state index < -0.39 is 42.4 Å². The van der Waals surface area contributed by atoms with Gasteiger partial charge < -0.3 is 24.8 Å². The first-order valence-electron chi connectivity index (χ1n) is 7.66. The summed E-state index contributed by atoms with van der Waals surface area (Å²) in [4.78, 5) is 26.0. The van der Waals surface area contributed by atoms with Crippen molar-refractivity contribution >= 4 is 0 Å². The van der Waals surface area contributed by atoms with E-state index in [2.05, 4.69) is 4.98 Å². The minimum Gasteiger partial charge on any atom is -0.482 e. The highest BCUT2D eigenvalue weighted by Crippen LogP contribution is 2.28. The van der Waals surface area contributed by atoms with Gasteiger partial charge in [0, 0.05) is 0 Å². The molecule has 1 saturated heterocycles. The molecule has 25 heavy (non-hydrogen) atoms. The van der Waals surface area contributed by atoms with E-state index >= 15 is 0 Å². The monoisotopic (exact) mass is 350 g/mol. The fraction of sp³-hybridized carbons (Fsp3) is 0.375. The maximum Gasteiger partial charge on any atom is 0.330 e. The van der Waals surface area contributed by atoms with Gasteiger partial charge in [-0.05, 0) is 5.56 Å². The zero-order valence-electron chi connectivity index (χ0n) is 13.1. The molecule has 2 aromatic rings. The fourth-order valence-electron chi connectivity index (χ4n) is 2.60. The third kappa shape index (κ3) is 3.49. The van der Waals surface area contributed by atoms with Gasteiger partial charge in [-0.15, -0.1) is 0 Å². The van der Waals surface area contributed by atoms with E-state index in [0.29, 0.717) is 0 Å². The van der Waals surface area contributed by atoms with Gasteiger partial charge in [-0.3, -0.25) is 14.3 Å². The van der Waals surface area contributed by atoms with Crippen LogP contribution in [0.25, 0.3) is 0 Å². The maximum atomic E-state index is 12.0. The second-order valence-electron chi connectivity index (χ2n) is 5.66. The molecule has 4 atom stereocenters. The normalized spacial score (nSPS) is 25.9. The lowest BCUT2D eigenvalue weighted by atomic mass is 10.1. The summed E-state index contributed by atoms with van der Waals surface area (Å²) in [6.45, 7) is -0.414. The first kappa shape index (κ1) is 17.4. The molecule has 1 aromatic heterocycles. The predicted molar refractivity (Wildman–Crippen MR) is 85.1 cm³/mol. The van der Waals surface area contributed by atoms with Crippen LogP contribution in [0.5, 0.6) is 5.75 Å². The first-order valence-corrected chi connectivity index (χ1v) is 7.66. The van der Waals surface area contributed by atoms with Gasteiger partial charge >= 0.3 is 5.69 Å². The lowest BCUT2D eigenvalue weighted by Crippen LogP contribution is -2.38. The van der Waals surface area contributed by atoms with Crippen molar-refractivity contribution in [2.45, 2.75) is 31.1 Å². The Morgan fingerprint density at radius 2 is 1.88 bits per heavy atom. The SMILES string of the molecule is O=c1[nH]c(=O)n(C2OC(CO)C(O)C2O)cc1OCc1ccccc1. The molecule has 3 rings (SSSR count). The molecule has 0 saturated carbocycles. The van der Waals surface area contributed by atoms with Gasteiger partial charge in [0.2, 0.25) is 5.75 Å². The average molecular weight is 350 g/mol. The van der Waals surface area contributed by atoms with Gasteiger partial charge in [0.15, 0.2) is 6.23 Å². The van der Waals surface area contributed by atoms with Gasteiger partial charge in [0.25, 0.3) is 5.56 Å².